The van der Waals surface area contributed by atoms with E-state index < -0.39 is 5.60 Å². The number of carbonyl (C=O) groups excluding carboxylic acids is 1. The van der Waals surface area contributed by atoms with Gasteiger partial charge in [-0.05, 0) is 27.2 Å². The Kier molecular flexibility index (Phi) is 3.32. The fourth-order valence-electron chi connectivity index (χ4n) is 2.38. The number of ether oxygens (including phenoxy) is 1. The van der Waals surface area contributed by atoms with Gasteiger partial charge in [-0.3, -0.25) is 4.90 Å². The zero-order chi connectivity index (χ0) is 12.6. The summed E-state index contributed by atoms with van der Waals surface area (Å²) in [6.07, 6.45) is 0.844. The van der Waals surface area contributed by atoms with Crippen LogP contribution in [0.5, 0.6) is 0 Å². The molecule has 0 radical (unpaired) electrons. The van der Waals surface area contributed by atoms with Gasteiger partial charge in [-0.25, -0.2) is 4.79 Å². The third kappa shape index (κ3) is 3.10. The van der Waals surface area contributed by atoms with Crippen LogP contribution in [-0.4, -0.2) is 59.8 Å². The van der Waals surface area contributed by atoms with Gasteiger partial charge in [0.25, 0.3) is 0 Å². The summed E-state index contributed by atoms with van der Waals surface area (Å²) in [6.45, 7) is 9.19. The van der Waals surface area contributed by atoms with Crippen molar-refractivity contribution in [3.8, 4) is 0 Å². The zero-order valence-electron chi connectivity index (χ0n) is 11.0. The Morgan fingerprint density at radius 1 is 1.29 bits per heavy atom. The van der Waals surface area contributed by atoms with Gasteiger partial charge in [-0.2, -0.15) is 0 Å². The molecule has 2 aliphatic rings. The van der Waals surface area contributed by atoms with Crippen LogP contribution >= 0.6 is 0 Å². The Morgan fingerprint density at radius 3 is 2.47 bits per heavy atom. The summed E-state index contributed by atoms with van der Waals surface area (Å²) < 4.78 is 5.37. The van der Waals surface area contributed by atoms with Crippen LogP contribution < -0.4 is 5.73 Å². The molecule has 17 heavy (non-hydrogen) atoms. The molecule has 98 valence electrons. The maximum atomic E-state index is 11.9. The van der Waals surface area contributed by atoms with Crippen LogP contribution in [0.1, 0.15) is 27.2 Å². The molecule has 0 aliphatic carbocycles. The maximum Gasteiger partial charge on any atom is 0.410 e. The Morgan fingerprint density at radius 2 is 1.94 bits per heavy atom. The fourth-order valence-corrected chi connectivity index (χ4v) is 2.38. The molecule has 0 bridgehead atoms. The van der Waals surface area contributed by atoms with Gasteiger partial charge >= 0.3 is 6.09 Å². The van der Waals surface area contributed by atoms with E-state index >= 15 is 0 Å². The highest BCUT2D eigenvalue weighted by molar-refractivity contribution is 5.68. The van der Waals surface area contributed by atoms with Crippen molar-refractivity contribution < 1.29 is 9.53 Å². The van der Waals surface area contributed by atoms with Gasteiger partial charge in [0.15, 0.2) is 0 Å². The summed E-state index contributed by atoms with van der Waals surface area (Å²) in [4.78, 5) is 16.0. The van der Waals surface area contributed by atoms with E-state index in [1.54, 1.807) is 4.90 Å². The molecular formula is C12H23N3O2. The number of carbonyl (C=O) groups is 1. The number of rotatable bonds is 1. The first-order valence-corrected chi connectivity index (χ1v) is 6.33. The second-order valence-corrected chi connectivity index (χ2v) is 6.08. The predicted octanol–water partition coefficient (Wildman–Crippen LogP) is 0.639. The van der Waals surface area contributed by atoms with Crippen molar-refractivity contribution in [2.24, 2.45) is 5.73 Å². The highest BCUT2D eigenvalue weighted by Gasteiger charge is 2.36. The SMILES string of the molecule is CC(C)(C)OC(=O)N1CC[C@@H](N2CC(N)C2)C1. The number of likely N-dealkylation sites (tertiary alicyclic amines) is 2. The van der Waals surface area contributed by atoms with Crippen LogP contribution in [0.15, 0.2) is 0 Å². The number of hydrogen-bond donors (Lipinski definition) is 1. The minimum absolute atomic E-state index is 0.190. The lowest BCUT2D eigenvalue weighted by molar-refractivity contribution is 0.0262. The lowest BCUT2D eigenvalue weighted by Crippen LogP contribution is -2.59. The Labute approximate surface area is 103 Å². The van der Waals surface area contributed by atoms with Crippen molar-refractivity contribution in [2.75, 3.05) is 26.2 Å². The lowest BCUT2D eigenvalue weighted by atomic mass is 10.1. The highest BCUT2D eigenvalue weighted by Crippen LogP contribution is 2.22. The van der Waals surface area contributed by atoms with Crippen molar-refractivity contribution in [3.63, 3.8) is 0 Å². The van der Waals surface area contributed by atoms with Crippen molar-refractivity contribution in [2.45, 2.75) is 44.9 Å². The third-order valence-electron chi connectivity index (χ3n) is 3.27. The summed E-state index contributed by atoms with van der Waals surface area (Å²) in [5.41, 5.74) is 5.36. The van der Waals surface area contributed by atoms with E-state index in [2.05, 4.69) is 4.90 Å². The highest BCUT2D eigenvalue weighted by atomic mass is 16.6. The van der Waals surface area contributed by atoms with E-state index in [0.29, 0.717) is 12.1 Å². The van der Waals surface area contributed by atoms with E-state index in [4.69, 9.17) is 10.5 Å². The molecule has 2 aliphatic heterocycles. The van der Waals surface area contributed by atoms with Crippen LogP contribution in [0.2, 0.25) is 0 Å². The Bertz CT molecular complexity index is 295. The Balaban J connectivity index is 1.79. The molecule has 0 aromatic carbocycles. The molecule has 2 saturated heterocycles. The molecule has 0 spiro atoms. The number of nitrogens with zero attached hydrogens (tertiary/aromatic N) is 2. The average molecular weight is 241 g/mol. The largest absolute Gasteiger partial charge is 0.444 e. The van der Waals surface area contributed by atoms with Crippen molar-refractivity contribution in [1.82, 2.24) is 9.80 Å². The first-order valence-electron chi connectivity index (χ1n) is 6.33. The summed E-state index contributed by atoms with van der Waals surface area (Å²) in [6, 6.07) is 0.799. The molecule has 0 aromatic rings. The normalized spacial score (nSPS) is 27.1. The zero-order valence-corrected chi connectivity index (χ0v) is 11.0. The quantitative estimate of drug-likeness (QED) is 0.732. The fraction of sp³-hybridized carbons (Fsp3) is 0.917. The molecule has 2 rings (SSSR count). The molecule has 5 heteroatoms. The minimum Gasteiger partial charge on any atom is -0.444 e. The van der Waals surface area contributed by atoms with E-state index in [9.17, 15) is 4.79 Å². The molecule has 1 atom stereocenters. The van der Waals surface area contributed by atoms with Gasteiger partial charge in [0.2, 0.25) is 0 Å². The van der Waals surface area contributed by atoms with Gasteiger partial charge in [0.1, 0.15) is 5.60 Å². The molecule has 1 amide bonds. The van der Waals surface area contributed by atoms with E-state index in [1.165, 1.54) is 0 Å². The molecule has 2 fully saturated rings. The summed E-state index contributed by atoms with van der Waals surface area (Å²) in [7, 11) is 0. The topological polar surface area (TPSA) is 58.8 Å². The molecule has 0 aromatic heterocycles. The number of amides is 1. The molecule has 0 unspecified atom stereocenters. The molecule has 2 N–H and O–H groups in total. The smallest absolute Gasteiger partial charge is 0.410 e. The standard InChI is InChI=1S/C12H23N3O2/c1-12(2,3)17-11(16)14-5-4-10(8-14)15-6-9(13)7-15/h9-10H,4-8,13H2,1-3H3/t10-/m1/s1. The van der Waals surface area contributed by atoms with Crippen LogP contribution in [0.3, 0.4) is 0 Å². The van der Waals surface area contributed by atoms with Gasteiger partial charge in [-0.1, -0.05) is 0 Å². The van der Waals surface area contributed by atoms with Crippen molar-refractivity contribution in [3.05, 3.63) is 0 Å². The number of hydrogen-bond acceptors (Lipinski definition) is 4. The van der Waals surface area contributed by atoms with Gasteiger partial charge in [0, 0.05) is 38.3 Å². The molecule has 5 nitrogen and oxygen atoms in total. The Hall–Kier alpha value is -0.810. The van der Waals surface area contributed by atoms with E-state index in [0.717, 1.165) is 32.6 Å². The van der Waals surface area contributed by atoms with Gasteiger partial charge in [-0.15, -0.1) is 0 Å². The summed E-state index contributed by atoms with van der Waals surface area (Å²) in [5.74, 6) is 0. The van der Waals surface area contributed by atoms with Crippen LogP contribution in [0, 0.1) is 0 Å². The first kappa shape index (κ1) is 12.6. The molecule has 2 heterocycles. The maximum absolute atomic E-state index is 11.9. The van der Waals surface area contributed by atoms with Crippen LogP contribution in [0.25, 0.3) is 0 Å². The number of nitrogens with two attached hydrogens (primary N) is 1. The second kappa shape index (κ2) is 4.46. The predicted molar refractivity (Wildman–Crippen MR) is 65.8 cm³/mol. The monoisotopic (exact) mass is 241 g/mol. The van der Waals surface area contributed by atoms with Crippen molar-refractivity contribution >= 4 is 6.09 Å². The van der Waals surface area contributed by atoms with Crippen LogP contribution in [0.4, 0.5) is 4.79 Å². The van der Waals surface area contributed by atoms with Gasteiger partial charge < -0.3 is 15.4 Å². The molecule has 0 saturated carbocycles. The lowest BCUT2D eigenvalue weighted by Gasteiger charge is -2.41. The van der Waals surface area contributed by atoms with Crippen LogP contribution in [-0.2, 0) is 4.74 Å². The third-order valence-corrected chi connectivity index (χ3v) is 3.27. The molecular weight excluding hydrogens is 218 g/mol. The van der Waals surface area contributed by atoms with E-state index in [-0.39, 0.29) is 6.09 Å². The van der Waals surface area contributed by atoms with Gasteiger partial charge in [0.05, 0.1) is 0 Å². The average Bonchev–Trinajstić information content (AvgIpc) is 2.58. The second-order valence-electron chi connectivity index (χ2n) is 6.08. The minimum atomic E-state index is -0.408. The van der Waals surface area contributed by atoms with E-state index in [1.807, 2.05) is 20.8 Å². The van der Waals surface area contributed by atoms with Crippen molar-refractivity contribution in [1.29, 1.82) is 0 Å². The summed E-state index contributed by atoms with van der Waals surface area (Å²) >= 11 is 0. The first-order chi connectivity index (χ1) is 7.85. The summed E-state index contributed by atoms with van der Waals surface area (Å²) in [5, 5.41) is 0.